The largest absolute Gasteiger partial charge is 0.382 e. The summed E-state index contributed by atoms with van der Waals surface area (Å²) < 4.78 is 5.29. The van der Waals surface area contributed by atoms with Crippen LogP contribution >= 0.6 is 11.8 Å². The fourth-order valence-electron chi connectivity index (χ4n) is 1.21. The number of hydrogen-bond donors (Lipinski definition) is 0. The van der Waals surface area contributed by atoms with Crippen molar-refractivity contribution in [2.75, 3.05) is 24.7 Å². The molecule has 0 aliphatic carbocycles. The molecule has 0 aromatic heterocycles. The van der Waals surface area contributed by atoms with E-state index in [0.717, 1.165) is 19.1 Å². The van der Waals surface area contributed by atoms with Crippen molar-refractivity contribution in [1.29, 1.82) is 0 Å². The Labute approximate surface area is 67.5 Å². The summed E-state index contributed by atoms with van der Waals surface area (Å²) in [7, 11) is 0. The predicted octanol–water partition coefficient (Wildman–Crippen LogP) is 2.17. The van der Waals surface area contributed by atoms with Crippen molar-refractivity contribution in [1.82, 2.24) is 0 Å². The van der Waals surface area contributed by atoms with Crippen LogP contribution < -0.4 is 0 Å². The summed E-state index contributed by atoms with van der Waals surface area (Å²) in [5.74, 6) is 3.70. The van der Waals surface area contributed by atoms with Crippen molar-refractivity contribution < 1.29 is 4.74 Å². The molecule has 1 nitrogen and oxygen atoms in total. The second-order valence-electron chi connectivity index (χ2n) is 2.72. The molecule has 1 unspecified atom stereocenters. The molecule has 0 radical (unpaired) electrons. The number of ether oxygens (including phenoxy) is 1. The van der Waals surface area contributed by atoms with Gasteiger partial charge in [0, 0.05) is 13.2 Å². The summed E-state index contributed by atoms with van der Waals surface area (Å²) in [6.07, 6.45) is 2.69. The van der Waals surface area contributed by atoms with E-state index in [2.05, 4.69) is 18.7 Å². The van der Waals surface area contributed by atoms with Gasteiger partial charge in [0.25, 0.3) is 0 Å². The molecule has 0 aromatic carbocycles. The summed E-state index contributed by atoms with van der Waals surface area (Å²) in [5, 5.41) is 0. The highest BCUT2D eigenvalue weighted by molar-refractivity contribution is 7.99. The van der Waals surface area contributed by atoms with Gasteiger partial charge in [0.15, 0.2) is 0 Å². The maximum absolute atomic E-state index is 5.29. The zero-order valence-electron chi connectivity index (χ0n) is 6.64. The maximum Gasteiger partial charge on any atom is 0.0468 e. The third-order valence-corrected chi connectivity index (χ3v) is 3.13. The molecule has 60 valence electrons. The van der Waals surface area contributed by atoms with Gasteiger partial charge in [0.2, 0.25) is 0 Å². The Morgan fingerprint density at radius 3 is 3.10 bits per heavy atom. The summed E-state index contributed by atoms with van der Waals surface area (Å²) in [5.41, 5.74) is 0. The fourth-order valence-corrected chi connectivity index (χ4v) is 2.54. The van der Waals surface area contributed by atoms with E-state index in [-0.39, 0.29) is 0 Å². The van der Waals surface area contributed by atoms with Crippen LogP contribution in [0.25, 0.3) is 0 Å². The summed E-state index contributed by atoms with van der Waals surface area (Å²) >= 11 is 2.08. The molecule has 1 heterocycles. The lowest BCUT2D eigenvalue weighted by Gasteiger charge is -2.06. The van der Waals surface area contributed by atoms with Crippen molar-refractivity contribution >= 4 is 11.8 Å². The molecule has 0 spiro atoms. The average molecular weight is 160 g/mol. The third kappa shape index (κ3) is 2.93. The molecule has 0 amide bonds. The van der Waals surface area contributed by atoms with Gasteiger partial charge in [0.1, 0.15) is 0 Å². The summed E-state index contributed by atoms with van der Waals surface area (Å²) in [6.45, 7) is 3.91. The molecule has 2 heteroatoms. The third-order valence-electron chi connectivity index (χ3n) is 1.90. The Kier molecular flexibility index (Phi) is 4.23. The smallest absolute Gasteiger partial charge is 0.0468 e. The number of rotatable bonds is 4. The van der Waals surface area contributed by atoms with E-state index in [1.54, 1.807) is 0 Å². The molecular weight excluding hydrogens is 144 g/mol. The van der Waals surface area contributed by atoms with E-state index in [9.17, 15) is 0 Å². The fraction of sp³-hybridized carbons (Fsp3) is 1.00. The van der Waals surface area contributed by atoms with Gasteiger partial charge in [-0.3, -0.25) is 0 Å². The minimum atomic E-state index is 0.875. The van der Waals surface area contributed by atoms with Gasteiger partial charge in [0.05, 0.1) is 0 Å². The normalized spacial score (nSPS) is 25.5. The molecule has 1 atom stereocenters. The zero-order valence-corrected chi connectivity index (χ0v) is 7.45. The quantitative estimate of drug-likeness (QED) is 0.583. The van der Waals surface area contributed by atoms with Crippen molar-refractivity contribution in [2.24, 2.45) is 5.92 Å². The van der Waals surface area contributed by atoms with E-state index < -0.39 is 0 Å². The number of thioether (sulfide) groups is 1. The first-order valence-electron chi connectivity index (χ1n) is 4.09. The van der Waals surface area contributed by atoms with Crippen molar-refractivity contribution in [2.45, 2.75) is 19.8 Å². The first-order valence-corrected chi connectivity index (χ1v) is 5.24. The van der Waals surface area contributed by atoms with Crippen LogP contribution in [0.1, 0.15) is 19.8 Å². The van der Waals surface area contributed by atoms with Gasteiger partial charge in [-0.05, 0) is 37.2 Å². The van der Waals surface area contributed by atoms with E-state index in [0.29, 0.717) is 0 Å². The van der Waals surface area contributed by atoms with E-state index in [1.807, 2.05) is 0 Å². The van der Waals surface area contributed by atoms with Crippen molar-refractivity contribution in [3.8, 4) is 0 Å². The Balaban J connectivity index is 1.91. The molecule has 1 fully saturated rings. The lowest BCUT2D eigenvalue weighted by atomic mass is 10.1. The lowest BCUT2D eigenvalue weighted by molar-refractivity contribution is 0.135. The van der Waals surface area contributed by atoms with Gasteiger partial charge >= 0.3 is 0 Å². The topological polar surface area (TPSA) is 9.23 Å². The van der Waals surface area contributed by atoms with Crippen LogP contribution in [0.3, 0.4) is 0 Å². The van der Waals surface area contributed by atoms with Gasteiger partial charge in [-0.25, -0.2) is 0 Å². The molecule has 0 bridgehead atoms. The van der Waals surface area contributed by atoms with Crippen LogP contribution in [0.2, 0.25) is 0 Å². The van der Waals surface area contributed by atoms with Gasteiger partial charge in [-0.2, -0.15) is 11.8 Å². The summed E-state index contributed by atoms with van der Waals surface area (Å²) in [6, 6.07) is 0. The highest BCUT2D eigenvalue weighted by atomic mass is 32.2. The predicted molar refractivity (Wildman–Crippen MR) is 46.5 cm³/mol. The first kappa shape index (κ1) is 8.41. The highest BCUT2D eigenvalue weighted by Crippen LogP contribution is 2.25. The standard InChI is InChI=1S/C8H16OS/c1-2-9-5-3-8-4-6-10-7-8/h8H,2-7H2,1H3. The van der Waals surface area contributed by atoms with Gasteiger partial charge in [-0.1, -0.05) is 0 Å². The highest BCUT2D eigenvalue weighted by Gasteiger charge is 2.14. The monoisotopic (exact) mass is 160 g/mol. The van der Waals surface area contributed by atoms with Gasteiger partial charge < -0.3 is 4.74 Å². The average Bonchev–Trinajstić information content (AvgIpc) is 2.41. The Bertz CT molecular complexity index is 79.3. The molecule has 1 aliphatic heterocycles. The SMILES string of the molecule is CCOCCC1CCSC1. The first-order chi connectivity index (χ1) is 4.93. The van der Waals surface area contributed by atoms with Crippen LogP contribution in [-0.2, 0) is 4.74 Å². The van der Waals surface area contributed by atoms with Crippen molar-refractivity contribution in [3.05, 3.63) is 0 Å². The second-order valence-corrected chi connectivity index (χ2v) is 3.87. The molecule has 10 heavy (non-hydrogen) atoms. The Morgan fingerprint density at radius 2 is 2.50 bits per heavy atom. The summed E-state index contributed by atoms with van der Waals surface area (Å²) in [4.78, 5) is 0. The van der Waals surface area contributed by atoms with Crippen molar-refractivity contribution in [3.63, 3.8) is 0 Å². The van der Waals surface area contributed by atoms with E-state index >= 15 is 0 Å². The van der Waals surface area contributed by atoms with Crippen LogP contribution in [0.15, 0.2) is 0 Å². The van der Waals surface area contributed by atoms with Gasteiger partial charge in [-0.15, -0.1) is 0 Å². The molecule has 1 aliphatic rings. The molecule has 0 aromatic rings. The second kappa shape index (κ2) is 5.03. The van der Waals surface area contributed by atoms with Crippen LogP contribution in [0, 0.1) is 5.92 Å². The number of hydrogen-bond acceptors (Lipinski definition) is 2. The van der Waals surface area contributed by atoms with E-state index in [1.165, 1.54) is 24.3 Å². The Hall–Kier alpha value is 0.310. The van der Waals surface area contributed by atoms with Crippen LogP contribution in [0.4, 0.5) is 0 Å². The van der Waals surface area contributed by atoms with Crippen LogP contribution in [0.5, 0.6) is 0 Å². The minimum absolute atomic E-state index is 0.875. The molecule has 0 N–H and O–H groups in total. The molecular formula is C8H16OS. The maximum atomic E-state index is 5.29. The molecule has 1 saturated heterocycles. The lowest BCUT2D eigenvalue weighted by Crippen LogP contribution is -2.03. The molecule has 0 saturated carbocycles. The molecule has 1 rings (SSSR count). The minimum Gasteiger partial charge on any atom is -0.382 e. The van der Waals surface area contributed by atoms with Crippen LogP contribution in [-0.4, -0.2) is 24.7 Å². The zero-order chi connectivity index (χ0) is 7.23. The Morgan fingerprint density at radius 1 is 1.60 bits per heavy atom. The van der Waals surface area contributed by atoms with E-state index in [4.69, 9.17) is 4.74 Å².